The minimum Gasteiger partial charge on any atom is -0.388 e. The lowest BCUT2D eigenvalue weighted by molar-refractivity contribution is 0.0806. The van der Waals surface area contributed by atoms with Crippen LogP contribution in [0.1, 0.15) is 50.3 Å². The van der Waals surface area contributed by atoms with E-state index < -0.39 is 0 Å². The number of benzene rings is 1. The second-order valence-electron chi connectivity index (χ2n) is 6.24. The van der Waals surface area contributed by atoms with Crippen LogP contribution >= 0.6 is 0 Å². The van der Waals surface area contributed by atoms with Crippen LogP contribution in [0.3, 0.4) is 0 Å². The molecule has 0 bridgehead atoms. The van der Waals surface area contributed by atoms with Crippen LogP contribution in [0, 0.1) is 5.92 Å². The van der Waals surface area contributed by atoms with Crippen molar-refractivity contribution < 1.29 is 9.84 Å². The van der Waals surface area contributed by atoms with Crippen molar-refractivity contribution in [2.45, 2.75) is 45.8 Å². The fraction of sp³-hybridized carbons (Fsp3) is 0.667. The first kappa shape index (κ1) is 16.5. The highest BCUT2D eigenvalue weighted by molar-refractivity contribution is 5.23. The molecule has 0 aromatic heterocycles. The molecule has 1 aliphatic heterocycles. The molecule has 0 radical (unpaired) electrons. The Kier molecular flexibility index (Phi) is 6.68. The lowest BCUT2D eigenvalue weighted by atomic mass is 9.99. The van der Waals surface area contributed by atoms with Crippen LogP contribution < -0.4 is 0 Å². The van der Waals surface area contributed by atoms with E-state index in [0.29, 0.717) is 6.61 Å². The first-order chi connectivity index (χ1) is 10.2. The van der Waals surface area contributed by atoms with Crippen molar-refractivity contribution in [2.75, 3.05) is 26.2 Å². The molecule has 0 saturated carbocycles. The Bertz CT molecular complexity index is 396. The molecule has 1 atom stereocenters. The van der Waals surface area contributed by atoms with E-state index in [-0.39, 0.29) is 6.10 Å². The highest BCUT2D eigenvalue weighted by Gasteiger charge is 2.14. The molecule has 1 unspecified atom stereocenters. The third kappa shape index (κ3) is 5.42. The first-order valence-corrected chi connectivity index (χ1v) is 8.26. The summed E-state index contributed by atoms with van der Waals surface area (Å²) < 4.78 is 5.77. The first-order valence-electron chi connectivity index (χ1n) is 8.26. The van der Waals surface area contributed by atoms with Crippen molar-refractivity contribution in [1.29, 1.82) is 0 Å². The molecular formula is C18H29NO2. The lowest BCUT2D eigenvalue weighted by Crippen LogP contribution is -2.35. The average Bonchev–Trinajstić information content (AvgIpc) is 2.53. The van der Waals surface area contributed by atoms with Gasteiger partial charge in [-0.25, -0.2) is 0 Å². The maximum absolute atomic E-state index is 9.76. The van der Waals surface area contributed by atoms with Crippen LogP contribution in [-0.2, 0) is 11.3 Å². The number of ether oxygens (including phenoxy) is 1. The number of likely N-dealkylation sites (tertiary alicyclic amines) is 1. The summed E-state index contributed by atoms with van der Waals surface area (Å²) >= 11 is 0. The molecule has 1 N–H and O–H groups in total. The van der Waals surface area contributed by atoms with E-state index >= 15 is 0 Å². The number of rotatable bonds is 7. The fourth-order valence-electron chi connectivity index (χ4n) is 2.74. The molecule has 3 nitrogen and oxygen atoms in total. The number of hydrogen-bond donors (Lipinski definition) is 1. The van der Waals surface area contributed by atoms with Gasteiger partial charge in [0.05, 0.1) is 19.3 Å². The summed E-state index contributed by atoms with van der Waals surface area (Å²) in [5.74, 6) is 0.888. The quantitative estimate of drug-likeness (QED) is 0.782. The summed E-state index contributed by atoms with van der Waals surface area (Å²) in [4.78, 5) is 2.50. The maximum Gasteiger partial charge on any atom is 0.0787 e. The summed E-state index contributed by atoms with van der Waals surface area (Å²) in [7, 11) is 0. The van der Waals surface area contributed by atoms with Gasteiger partial charge in [-0.1, -0.05) is 38.1 Å². The molecule has 1 aromatic rings. The number of aliphatic hydroxyl groups is 1. The molecule has 1 fully saturated rings. The van der Waals surface area contributed by atoms with Gasteiger partial charge in [0.2, 0.25) is 0 Å². The Morgan fingerprint density at radius 2 is 1.90 bits per heavy atom. The van der Waals surface area contributed by atoms with Gasteiger partial charge in [0, 0.05) is 6.54 Å². The largest absolute Gasteiger partial charge is 0.388 e. The molecule has 1 saturated heterocycles. The van der Waals surface area contributed by atoms with Gasteiger partial charge in [0.1, 0.15) is 0 Å². The Hall–Kier alpha value is -0.900. The smallest absolute Gasteiger partial charge is 0.0787 e. The van der Waals surface area contributed by atoms with Gasteiger partial charge in [-0.05, 0) is 49.4 Å². The summed E-state index contributed by atoms with van der Waals surface area (Å²) in [5.41, 5.74) is 2.16. The Balaban J connectivity index is 1.64. The number of aliphatic hydroxyl groups excluding tert-OH is 1. The number of piperidine rings is 1. The fourth-order valence-corrected chi connectivity index (χ4v) is 2.74. The van der Waals surface area contributed by atoms with Crippen LogP contribution in [-0.4, -0.2) is 36.2 Å². The average molecular weight is 291 g/mol. The van der Waals surface area contributed by atoms with E-state index in [2.05, 4.69) is 24.0 Å². The monoisotopic (exact) mass is 291 g/mol. The topological polar surface area (TPSA) is 32.7 Å². The van der Waals surface area contributed by atoms with E-state index in [1.807, 2.05) is 19.1 Å². The van der Waals surface area contributed by atoms with E-state index in [0.717, 1.165) is 31.1 Å². The third-order valence-corrected chi connectivity index (χ3v) is 4.45. The van der Waals surface area contributed by atoms with Crippen molar-refractivity contribution in [3.63, 3.8) is 0 Å². The molecule has 0 amide bonds. The highest BCUT2D eigenvalue weighted by atomic mass is 16.5. The molecule has 1 aromatic carbocycles. The van der Waals surface area contributed by atoms with E-state index in [1.54, 1.807) is 0 Å². The third-order valence-electron chi connectivity index (χ3n) is 4.45. The van der Waals surface area contributed by atoms with Gasteiger partial charge in [-0.15, -0.1) is 0 Å². The van der Waals surface area contributed by atoms with Gasteiger partial charge in [0.15, 0.2) is 0 Å². The van der Waals surface area contributed by atoms with Crippen molar-refractivity contribution >= 4 is 0 Å². The van der Waals surface area contributed by atoms with Crippen LogP contribution in [0.4, 0.5) is 0 Å². The van der Waals surface area contributed by atoms with Gasteiger partial charge in [-0.2, -0.15) is 0 Å². The standard InChI is InChI=1S/C18H29NO2/c1-3-18(20)17-6-4-16(5-7-17)14-21-13-12-19-10-8-15(2)9-11-19/h4-7,15,18,20H,3,8-14H2,1-2H3. The van der Waals surface area contributed by atoms with Crippen LogP contribution in [0.5, 0.6) is 0 Å². The zero-order chi connectivity index (χ0) is 15.1. The maximum atomic E-state index is 9.76. The van der Waals surface area contributed by atoms with Gasteiger partial charge in [0.25, 0.3) is 0 Å². The Labute approximate surface area is 128 Å². The molecule has 2 rings (SSSR count). The van der Waals surface area contributed by atoms with Crippen molar-refractivity contribution in [1.82, 2.24) is 4.90 Å². The highest BCUT2D eigenvalue weighted by Crippen LogP contribution is 2.17. The zero-order valence-electron chi connectivity index (χ0n) is 13.4. The van der Waals surface area contributed by atoms with E-state index in [4.69, 9.17) is 4.74 Å². The van der Waals surface area contributed by atoms with Crippen molar-refractivity contribution in [3.05, 3.63) is 35.4 Å². The summed E-state index contributed by atoms with van der Waals surface area (Å²) in [6.45, 7) is 9.26. The predicted octanol–water partition coefficient (Wildman–Crippen LogP) is 3.38. The normalized spacial score (nSPS) is 18.8. The zero-order valence-corrected chi connectivity index (χ0v) is 13.4. The van der Waals surface area contributed by atoms with Crippen molar-refractivity contribution in [2.24, 2.45) is 5.92 Å². The van der Waals surface area contributed by atoms with E-state index in [1.165, 1.54) is 31.5 Å². The molecule has 3 heteroatoms. The Morgan fingerprint density at radius 3 is 2.52 bits per heavy atom. The SMILES string of the molecule is CCC(O)c1ccc(COCCN2CCC(C)CC2)cc1. The molecule has 1 aliphatic rings. The summed E-state index contributed by atoms with van der Waals surface area (Å²) in [5, 5.41) is 9.76. The lowest BCUT2D eigenvalue weighted by Gasteiger charge is -2.29. The second kappa shape index (κ2) is 8.52. The second-order valence-corrected chi connectivity index (χ2v) is 6.24. The van der Waals surface area contributed by atoms with Gasteiger partial charge >= 0.3 is 0 Å². The predicted molar refractivity (Wildman–Crippen MR) is 86.2 cm³/mol. The number of hydrogen-bond acceptors (Lipinski definition) is 3. The van der Waals surface area contributed by atoms with Gasteiger partial charge < -0.3 is 14.7 Å². The minimum atomic E-state index is -0.346. The molecule has 1 heterocycles. The molecule has 0 aliphatic carbocycles. The van der Waals surface area contributed by atoms with Crippen molar-refractivity contribution in [3.8, 4) is 0 Å². The Morgan fingerprint density at radius 1 is 1.24 bits per heavy atom. The molecule has 21 heavy (non-hydrogen) atoms. The molecule has 118 valence electrons. The molecular weight excluding hydrogens is 262 g/mol. The van der Waals surface area contributed by atoms with Crippen LogP contribution in [0.2, 0.25) is 0 Å². The molecule has 0 spiro atoms. The van der Waals surface area contributed by atoms with Crippen LogP contribution in [0.25, 0.3) is 0 Å². The van der Waals surface area contributed by atoms with Crippen LogP contribution in [0.15, 0.2) is 24.3 Å². The summed E-state index contributed by atoms with van der Waals surface area (Å²) in [6.07, 6.45) is 3.05. The minimum absolute atomic E-state index is 0.346. The summed E-state index contributed by atoms with van der Waals surface area (Å²) in [6, 6.07) is 8.10. The van der Waals surface area contributed by atoms with Gasteiger partial charge in [-0.3, -0.25) is 0 Å². The number of nitrogens with zero attached hydrogens (tertiary/aromatic N) is 1. The van der Waals surface area contributed by atoms with E-state index in [9.17, 15) is 5.11 Å².